The summed E-state index contributed by atoms with van der Waals surface area (Å²) in [7, 11) is 0. The number of aromatic nitrogens is 1. The normalized spacial score (nSPS) is 16.7. The van der Waals surface area contributed by atoms with Crippen molar-refractivity contribution in [2.75, 3.05) is 6.61 Å². The predicted molar refractivity (Wildman–Crippen MR) is 94.3 cm³/mol. The van der Waals surface area contributed by atoms with Crippen molar-refractivity contribution in [3.8, 4) is 5.75 Å². The summed E-state index contributed by atoms with van der Waals surface area (Å²) < 4.78 is 8.61. The van der Waals surface area contributed by atoms with Crippen LogP contribution in [0.3, 0.4) is 0 Å². The van der Waals surface area contributed by atoms with E-state index in [1.165, 1.54) is 32.9 Å². The zero-order chi connectivity index (χ0) is 15.4. The molecule has 5 rings (SSSR count). The van der Waals surface area contributed by atoms with E-state index < -0.39 is 0 Å². The summed E-state index contributed by atoms with van der Waals surface area (Å²) in [5.41, 5.74) is 5.04. The third-order valence-corrected chi connectivity index (χ3v) is 4.81. The Morgan fingerprint density at radius 1 is 0.913 bits per heavy atom. The van der Waals surface area contributed by atoms with Crippen LogP contribution in [0.1, 0.15) is 17.2 Å². The molecular formula is C21H17NO. The number of nitrogens with zero attached hydrogens (tertiary/aromatic N) is 1. The van der Waals surface area contributed by atoms with Gasteiger partial charge in [0.1, 0.15) is 12.4 Å². The zero-order valence-corrected chi connectivity index (χ0v) is 13.0. The Labute approximate surface area is 134 Å². The van der Waals surface area contributed by atoms with Crippen molar-refractivity contribution < 1.29 is 4.74 Å². The van der Waals surface area contributed by atoms with Gasteiger partial charge in [0.05, 0.1) is 11.6 Å². The van der Waals surface area contributed by atoms with Crippen molar-refractivity contribution >= 4 is 21.8 Å². The zero-order valence-electron chi connectivity index (χ0n) is 13.0. The molecule has 0 N–H and O–H groups in total. The van der Waals surface area contributed by atoms with E-state index in [4.69, 9.17) is 4.74 Å². The molecule has 2 nitrogen and oxygen atoms in total. The highest BCUT2D eigenvalue weighted by Crippen LogP contribution is 2.42. The third-order valence-electron chi connectivity index (χ3n) is 4.81. The lowest BCUT2D eigenvalue weighted by Crippen LogP contribution is -2.22. The summed E-state index contributed by atoms with van der Waals surface area (Å²) in [4.78, 5) is 0. The number of rotatable bonds is 1. The Balaban J connectivity index is 1.93. The van der Waals surface area contributed by atoms with Gasteiger partial charge < -0.3 is 9.30 Å². The Morgan fingerprint density at radius 2 is 1.70 bits per heavy atom. The highest BCUT2D eigenvalue weighted by atomic mass is 16.5. The van der Waals surface area contributed by atoms with Crippen molar-refractivity contribution in [1.29, 1.82) is 0 Å². The molecule has 2 heteroatoms. The van der Waals surface area contributed by atoms with Crippen LogP contribution in [0, 0.1) is 6.92 Å². The quantitative estimate of drug-likeness (QED) is 0.478. The predicted octanol–water partition coefficient (Wildman–Crippen LogP) is 5.08. The molecular weight excluding hydrogens is 282 g/mol. The molecule has 1 atom stereocenters. The number of ether oxygens (including phenoxy) is 1. The molecule has 3 aromatic carbocycles. The van der Waals surface area contributed by atoms with Gasteiger partial charge in [-0.15, -0.1) is 0 Å². The summed E-state index contributed by atoms with van der Waals surface area (Å²) in [6.45, 7) is 2.81. The lowest BCUT2D eigenvalue weighted by molar-refractivity contribution is 0.262. The van der Waals surface area contributed by atoms with E-state index in [0.29, 0.717) is 6.61 Å². The van der Waals surface area contributed by atoms with Gasteiger partial charge in [0.2, 0.25) is 0 Å². The first-order chi connectivity index (χ1) is 11.3. The molecule has 0 radical (unpaired) electrons. The third kappa shape index (κ3) is 1.75. The summed E-state index contributed by atoms with van der Waals surface area (Å²) in [5.74, 6) is 1.00. The van der Waals surface area contributed by atoms with Crippen LogP contribution in [0.2, 0.25) is 0 Å². The average Bonchev–Trinajstić information content (AvgIpc) is 2.92. The molecule has 1 aliphatic heterocycles. The van der Waals surface area contributed by atoms with Crippen LogP contribution in [0.5, 0.6) is 5.75 Å². The van der Waals surface area contributed by atoms with Crippen LogP contribution < -0.4 is 4.74 Å². The second-order valence-electron chi connectivity index (χ2n) is 6.28. The lowest BCUT2D eigenvalue weighted by atomic mass is 10.1. The van der Waals surface area contributed by atoms with E-state index >= 15 is 0 Å². The molecule has 0 saturated heterocycles. The SMILES string of the molecule is Cc1cc2c3c(c1)c1ccccc1n3C(c1ccccc1)CO2. The van der Waals surface area contributed by atoms with Gasteiger partial charge in [-0.2, -0.15) is 0 Å². The highest BCUT2D eigenvalue weighted by Gasteiger charge is 2.27. The van der Waals surface area contributed by atoms with E-state index in [1.54, 1.807) is 0 Å². The molecule has 0 spiro atoms. The minimum Gasteiger partial charge on any atom is -0.489 e. The Bertz CT molecular complexity index is 1030. The summed E-state index contributed by atoms with van der Waals surface area (Å²) in [5, 5.41) is 2.59. The molecule has 23 heavy (non-hydrogen) atoms. The molecule has 0 aliphatic carbocycles. The van der Waals surface area contributed by atoms with Crippen molar-refractivity contribution in [1.82, 2.24) is 4.57 Å². The van der Waals surface area contributed by atoms with E-state index in [-0.39, 0.29) is 6.04 Å². The van der Waals surface area contributed by atoms with Gasteiger partial charge in [0, 0.05) is 16.3 Å². The minimum atomic E-state index is 0.216. The van der Waals surface area contributed by atoms with Crippen molar-refractivity contribution in [2.45, 2.75) is 13.0 Å². The van der Waals surface area contributed by atoms with E-state index in [9.17, 15) is 0 Å². The van der Waals surface area contributed by atoms with E-state index in [1.807, 2.05) is 0 Å². The number of para-hydroxylation sites is 1. The van der Waals surface area contributed by atoms with Crippen molar-refractivity contribution in [2.24, 2.45) is 0 Å². The standard InChI is InChI=1S/C21H17NO/c1-14-11-17-16-9-5-6-10-18(16)22-19(15-7-3-2-4-8-15)13-23-20(12-14)21(17)22/h2-12,19H,13H2,1H3. The van der Waals surface area contributed by atoms with Gasteiger partial charge in [-0.05, 0) is 36.2 Å². The molecule has 0 fully saturated rings. The summed E-state index contributed by atoms with van der Waals surface area (Å²) in [6, 6.07) is 23.9. The maximum Gasteiger partial charge on any atom is 0.144 e. The first kappa shape index (κ1) is 12.8. The number of hydrogen-bond acceptors (Lipinski definition) is 1. The molecule has 4 aromatic rings. The van der Waals surface area contributed by atoms with Gasteiger partial charge in [0.15, 0.2) is 0 Å². The van der Waals surface area contributed by atoms with E-state index in [2.05, 4.69) is 78.2 Å². The van der Waals surface area contributed by atoms with Gasteiger partial charge in [-0.3, -0.25) is 0 Å². The monoisotopic (exact) mass is 299 g/mol. The van der Waals surface area contributed by atoms with Crippen LogP contribution in [-0.4, -0.2) is 11.2 Å². The number of hydrogen-bond donors (Lipinski definition) is 0. The molecule has 0 amide bonds. The topological polar surface area (TPSA) is 14.2 Å². The summed E-state index contributed by atoms with van der Waals surface area (Å²) in [6.07, 6.45) is 0. The van der Waals surface area contributed by atoms with Gasteiger partial charge in [-0.25, -0.2) is 0 Å². The van der Waals surface area contributed by atoms with Crippen LogP contribution in [0.15, 0.2) is 66.7 Å². The Hall–Kier alpha value is -2.74. The second kappa shape index (κ2) is 4.63. The number of fused-ring (bicyclic) bond motifs is 3. The van der Waals surface area contributed by atoms with Crippen molar-refractivity contribution in [3.05, 3.63) is 77.9 Å². The first-order valence-corrected chi connectivity index (χ1v) is 8.04. The largest absolute Gasteiger partial charge is 0.489 e. The molecule has 1 aromatic heterocycles. The minimum absolute atomic E-state index is 0.216. The fourth-order valence-electron chi connectivity index (χ4n) is 3.83. The van der Waals surface area contributed by atoms with Crippen LogP contribution >= 0.6 is 0 Å². The van der Waals surface area contributed by atoms with Crippen LogP contribution in [0.4, 0.5) is 0 Å². The smallest absolute Gasteiger partial charge is 0.144 e. The molecule has 0 bridgehead atoms. The lowest BCUT2D eigenvalue weighted by Gasteiger charge is -2.27. The Morgan fingerprint density at radius 3 is 2.57 bits per heavy atom. The molecule has 0 saturated carbocycles. The molecule has 1 aliphatic rings. The number of aryl methyl sites for hydroxylation is 1. The Kier molecular flexibility index (Phi) is 2.57. The van der Waals surface area contributed by atoms with E-state index in [0.717, 1.165) is 5.75 Å². The van der Waals surface area contributed by atoms with Crippen molar-refractivity contribution in [3.63, 3.8) is 0 Å². The second-order valence-corrected chi connectivity index (χ2v) is 6.28. The highest BCUT2D eigenvalue weighted by molar-refractivity contribution is 6.10. The first-order valence-electron chi connectivity index (χ1n) is 8.04. The van der Waals surface area contributed by atoms with Gasteiger partial charge in [0.25, 0.3) is 0 Å². The molecule has 2 heterocycles. The molecule has 1 unspecified atom stereocenters. The van der Waals surface area contributed by atoms with Crippen LogP contribution in [-0.2, 0) is 0 Å². The maximum absolute atomic E-state index is 6.15. The van der Waals surface area contributed by atoms with Gasteiger partial charge in [-0.1, -0.05) is 48.5 Å². The average molecular weight is 299 g/mol. The maximum atomic E-state index is 6.15. The van der Waals surface area contributed by atoms with Gasteiger partial charge >= 0.3 is 0 Å². The fourth-order valence-corrected chi connectivity index (χ4v) is 3.83. The fraction of sp³-hybridized carbons (Fsp3) is 0.143. The molecule has 112 valence electrons. The number of benzene rings is 3. The van der Waals surface area contributed by atoms with Crippen LogP contribution in [0.25, 0.3) is 21.8 Å². The summed E-state index contributed by atoms with van der Waals surface area (Å²) >= 11 is 0.